The summed E-state index contributed by atoms with van der Waals surface area (Å²) >= 11 is 1.09. The highest BCUT2D eigenvalue weighted by Crippen LogP contribution is 2.40. The van der Waals surface area contributed by atoms with E-state index in [1.807, 2.05) is 0 Å². The van der Waals surface area contributed by atoms with Gasteiger partial charge in [0.2, 0.25) is 0 Å². The number of rotatable bonds is 6. The van der Waals surface area contributed by atoms with Crippen molar-refractivity contribution in [3.05, 3.63) is 18.2 Å². The first-order valence-corrected chi connectivity index (χ1v) is 8.61. The SMILES string of the molecule is Nc1nsc(NCCc2cnc[nH]2)c1S(=O)(=O)C1CC1. The summed E-state index contributed by atoms with van der Waals surface area (Å²) in [6, 6.07) is 0. The van der Waals surface area contributed by atoms with E-state index in [1.54, 1.807) is 12.5 Å². The fraction of sp³-hybridized carbons (Fsp3) is 0.455. The van der Waals surface area contributed by atoms with E-state index in [1.165, 1.54) is 0 Å². The smallest absolute Gasteiger partial charge is 0.187 e. The summed E-state index contributed by atoms with van der Waals surface area (Å²) in [5.74, 6) is 0.103. The Hall–Kier alpha value is -1.61. The number of hydrogen-bond acceptors (Lipinski definition) is 7. The summed E-state index contributed by atoms with van der Waals surface area (Å²) in [6.45, 7) is 0.594. The van der Waals surface area contributed by atoms with E-state index in [4.69, 9.17) is 5.73 Å². The minimum Gasteiger partial charge on any atom is -0.382 e. The molecule has 0 amide bonds. The first kappa shape index (κ1) is 13.4. The van der Waals surface area contributed by atoms with Gasteiger partial charge in [-0.3, -0.25) is 0 Å². The molecule has 3 rings (SSSR count). The van der Waals surface area contributed by atoms with E-state index in [0.29, 0.717) is 24.4 Å². The number of aromatic amines is 1. The van der Waals surface area contributed by atoms with Gasteiger partial charge in [-0.15, -0.1) is 0 Å². The van der Waals surface area contributed by atoms with E-state index in [9.17, 15) is 8.42 Å². The van der Waals surface area contributed by atoms with Crippen molar-refractivity contribution in [1.82, 2.24) is 14.3 Å². The lowest BCUT2D eigenvalue weighted by Crippen LogP contribution is -2.12. The number of anilines is 2. The van der Waals surface area contributed by atoms with Crippen molar-refractivity contribution in [3.8, 4) is 0 Å². The molecule has 4 N–H and O–H groups in total. The zero-order chi connectivity index (χ0) is 14.2. The maximum absolute atomic E-state index is 12.3. The van der Waals surface area contributed by atoms with Gasteiger partial charge in [0.05, 0.1) is 11.6 Å². The van der Waals surface area contributed by atoms with E-state index >= 15 is 0 Å². The molecule has 1 saturated carbocycles. The van der Waals surface area contributed by atoms with Crippen molar-refractivity contribution in [2.75, 3.05) is 17.6 Å². The number of nitrogen functional groups attached to an aromatic ring is 1. The van der Waals surface area contributed by atoms with Crippen molar-refractivity contribution >= 4 is 32.2 Å². The molecule has 9 heteroatoms. The number of imidazole rings is 1. The Labute approximate surface area is 120 Å². The van der Waals surface area contributed by atoms with Crippen LogP contribution in [0.1, 0.15) is 18.5 Å². The van der Waals surface area contributed by atoms with Gasteiger partial charge in [0.15, 0.2) is 15.7 Å². The van der Waals surface area contributed by atoms with Crippen LogP contribution in [0.3, 0.4) is 0 Å². The minimum atomic E-state index is -3.33. The van der Waals surface area contributed by atoms with Gasteiger partial charge in [0.1, 0.15) is 9.90 Å². The van der Waals surface area contributed by atoms with Crippen LogP contribution in [0.15, 0.2) is 17.4 Å². The van der Waals surface area contributed by atoms with Crippen molar-refractivity contribution in [3.63, 3.8) is 0 Å². The van der Waals surface area contributed by atoms with Crippen LogP contribution in [-0.4, -0.2) is 34.6 Å². The third-order valence-corrected chi connectivity index (χ3v) is 6.44. The van der Waals surface area contributed by atoms with Gasteiger partial charge in [0.25, 0.3) is 0 Å². The number of aromatic nitrogens is 3. The van der Waals surface area contributed by atoms with Gasteiger partial charge in [-0.1, -0.05) is 0 Å². The van der Waals surface area contributed by atoms with E-state index < -0.39 is 9.84 Å². The molecule has 2 aromatic heterocycles. The number of H-pyrrole nitrogens is 1. The molecule has 0 bridgehead atoms. The predicted molar refractivity (Wildman–Crippen MR) is 77.5 cm³/mol. The molecule has 7 nitrogen and oxygen atoms in total. The summed E-state index contributed by atoms with van der Waals surface area (Å²) in [4.78, 5) is 7.10. The van der Waals surface area contributed by atoms with Crippen LogP contribution in [0.4, 0.5) is 10.8 Å². The molecule has 2 aromatic rings. The highest BCUT2D eigenvalue weighted by atomic mass is 32.2. The Morgan fingerprint density at radius 2 is 2.30 bits per heavy atom. The summed E-state index contributed by atoms with van der Waals surface area (Å²) < 4.78 is 28.6. The molecule has 1 fully saturated rings. The van der Waals surface area contributed by atoms with Crippen LogP contribution in [-0.2, 0) is 16.3 Å². The lowest BCUT2D eigenvalue weighted by atomic mass is 10.3. The number of nitrogens with two attached hydrogens (primary N) is 1. The monoisotopic (exact) mass is 313 g/mol. The maximum atomic E-state index is 12.3. The average molecular weight is 313 g/mol. The van der Waals surface area contributed by atoms with Gasteiger partial charge >= 0.3 is 0 Å². The third kappa shape index (κ3) is 2.50. The number of nitrogens with one attached hydrogen (secondary N) is 2. The molecule has 0 aromatic carbocycles. The zero-order valence-corrected chi connectivity index (χ0v) is 12.3. The molecule has 0 aliphatic heterocycles. The maximum Gasteiger partial charge on any atom is 0.187 e. The normalized spacial score (nSPS) is 15.4. The first-order chi connectivity index (χ1) is 9.59. The summed E-state index contributed by atoms with van der Waals surface area (Å²) in [7, 11) is -3.33. The Bertz CT molecular complexity index is 688. The van der Waals surface area contributed by atoms with Gasteiger partial charge in [-0.2, -0.15) is 4.37 Å². The minimum absolute atomic E-state index is 0.103. The second-order valence-electron chi connectivity index (χ2n) is 4.72. The van der Waals surface area contributed by atoms with Gasteiger partial charge in [-0.05, 0) is 24.4 Å². The molecule has 0 atom stereocenters. The second-order valence-corrected chi connectivity index (χ2v) is 7.66. The topological polar surface area (TPSA) is 114 Å². The van der Waals surface area contributed by atoms with Gasteiger partial charge in [0, 0.05) is 24.9 Å². The summed E-state index contributed by atoms with van der Waals surface area (Å²) in [5, 5.41) is 3.36. The van der Waals surface area contributed by atoms with Crippen molar-refractivity contribution < 1.29 is 8.42 Å². The van der Waals surface area contributed by atoms with Crippen molar-refractivity contribution in [1.29, 1.82) is 0 Å². The van der Waals surface area contributed by atoms with E-state index in [-0.39, 0.29) is 16.0 Å². The molecule has 0 saturated heterocycles. The van der Waals surface area contributed by atoms with Crippen LogP contribution in [0.25, 0.3) is 0 Å². The second kappa shape index (κ2) is 5.06. The van der Waals surface area contributed by atoms with Crippen LogP contribution < -0.4 is 11.1 Å². The van der Waals surface area contributed by atoms with Crippen LogP contribution >= 0.6 is 11.5 Å². The molecule has 1 aliphatic rings. The quantitative estimate of drug-likeness (QED) is 0.734. The standard InChI is InChI=1S/C11H15N5O2S2/c12-10-9(20(17,18)8-1-2-8)11(19-16-10)14-4-3-7-5-13-6-15-7/h5-6,8,14H,1-4H2,(H2,12,16)(H,13,15). The fourth-order valence-corrected chi connectivity index (χ4v) is 4.87. The van der Waals surface area contributed by atoms with Crippen LogP contribution in [0.5, 0.6) is 0 Å². The molecular weight excluding hydrogens is 298 g/mol. The fourth-order valence-electron chi connectivity index (χ4n) is 1.96. The molecule has 2 heterocycles. The molecular formula is C11H15N5O2S2. The Balaban J connectivity index is 1.74. The number of sulfone groups is 1. The first-order valence-electron chi connectivity index (χ1n) is 6.29. The third-order valence-electron chi connectivity index (χ3n) is 3.16. The Morgan fingerprint density at radius 3 is 2.95 bits per heavy atom. The molecule has 0 unspecified atom stereocenters. The number of hydrogen-bond donors (Lipinski definition) is 3. The van der Waals surface area contributed by atoms with Gasteiger partial charge < -0.3 is 16.0 Å². The molecule has 20 heavy (non-hydrogen) atoms. The van der Waals surface area contributed by atoms with Crippen LogP contribution in [0.2, 0.25) is 0 Å². The Morgan fingerprint density at radius 1 is 1.50 bits per heavy atom. The van der Waals surface area contributed by atoms with E-state index in [2.05, 4.69) is 19.7 Å². The Kier molecular flexibility index (Phi) is 3.38. The molecule has 1 aliphatic carbocycles. The molecule has 0 radical (unpaired) electrons. The lowest BCUT2D eigenvalue weighted by Gasteiger charge is -2.07. The molecule has 108 valence electrons. The van der Waals surface area contributed by atoms with Gasteiger partial charge in [-0.25, -0.2) is 13.4 Å². The zero-order valence-electron chi connectivity index (χ0n) is 10.7. The highest BCUT2D eigenvalue weighted by molar-refractivity contribution is 7.92. The lowest BCUT2D eigenvalue weighted by molar-refractivity contribution is 0.595. The van der Waals surface area contributed by atoms with Crippen LogP contribution in [0, 0.1) is 0 Å². The summed E-state index contributed by atoms with van der Waals surface area (Å²) in [6.07, 6.45) is 5.50. The average Bonchev–Trinajstić information content (AvgIpc) is 3.03. The molecule has 0 spiro atoms. The highest BCUT2D eigenvalue weighted by Gasteiger charge is 2.40. The number of nitrogens with zero attached hydrogens (tertiary/aromatic N) is 2. The predicted octanol–water partition coefficient (Wildman–Crippen LogP) is 1.04. The van der Waals surface area contributed by atoms with Crippen molar-refractivity contribution in [2.45, 2.75) is 29.4 Å². The largest absolute Gasteiger partial charge is 0.382 e. The summed E-state index contributed by atoms with van der Waals surface area (Å²) in [5.41, 5.74) is 6.71. The van der Waals surface area contributed by atoms with E-state index in [0.717, 1.165) is 23.6 Å². The van der Waals surface area contributed by atoms with Crippen molar-refractivity contribution in [2.24, 2.45) is 0 Å².